The van der Waals surface area contributed by atoms with Crippen LogP contribution in [0.4, 0.5) is 4.39 Å². The van der Waals surface area contributed by atoms with Gasteiger partial charge in [-0.25, -0.2) is 0 Å². The molecule has 0 aromatic rings. The minimum atomic E-state index is -0.124. The number of hydrogen-bond acceptors (Lipinski definition) is 0. The molecule has 0 N–H and O–H groups in total. The van der Waals surface area contributed by atoms with E-state index in [-0.39, 0.29) is 6.67 Å². The fourth-order valence-electron chi connectivity index (χ4n) is 0.0772. The zero-order valence-electron chi connectivity index (χ0n) is 3.08. The van der Waals surface area contributed by atoms with Crippen molar-refractivity contribution in [1.82, 2.24) is 0 Å². The molecule has 0 bridgehead atoms. The third-order valence-electron chi connectivity index (χ3n) is 0.338. The van der Waals surface area contributed by atoms with Gasteiger partial charge in [0, 0.05) is 0 Å². The molecule has 0 aromatic carbocycles. The van der Waals surface area contributed by atoms with Crippen molar-refractivity contribution < 1.29 is 4.39 Å². The van der Waals surface area contributed by atoms with Crippen LogP contribution in [0.3, 0.4) is 0 Å². The molecule has 0 aromatic heterocycles. The fourth-order valence-corrected chi connectivity index (χ4v) is 0.518. The summed E-state index contributed by atoms with van der Waals surface area (Å²) in [5, 5.41) is 0. The molecule has 0 aliphatic carbocycles. The average molecular weight is 181 g/mol. The van der Waals surface area contributed by atoms with E-state index in [4.69, 9.17) is 0 Å². The van der Waals surface area contributed by atoms with Crippen LogP contribution in [-0.2, 0) is 0 Å². The average Bonchev–Trinajstić information content (AvgIpc) is 1.41. The SMILES string of the molecule is FCC[CH2][SnH]. The fraction of sp³-hybridized carbons (Fsp3) is 1.00. The van der Waals surface area contributed by atoms with E-state index in [0.29, 0.717) is 0 Å². The van der Waals surface area contributed by atoms with Crippen molar-refractivity contribution in [3.05, 3.63) is 0 Å². The van der Waals surface area contributed by atoms with Crippen LogP contribution >= 0.6 is 0 Å². The second kappa shape index (κ2) is 4.73. The topological polar surface area (TPSA) is 0 Å². The van der Waals surface area contributed by atoms with E-state index in [1.165, 1.54) is 22.5 Å². The standard InChI is InChI=1S/C3H6F.Sn.H/c1-2-3-4;;/h1-3H2;;. The number of alkyl halides is 1. The molecule has 0 atom stereocenters. The quantitative estimate of drug-likeness (QED) is 0.549. The Balaban J connectivity index is 2.19. The van der Waals surface area contributed by atoms with E-state index in [1.54, 1.807) is 0 Å². The molecule has 0 heterocycles. The molecule has 0 fully saturated rings. The van der Waals surface area contributed by atoms with Crippen molar-refractivity contribution in [3.8, 4) is 0 Å². The Morgan fingerprint density at radius 2 is 2.20 bits per heavy atom. The molecule has 2 heteroatoms. The van der Waals surface area contributed by atoms with Crippen LogP contribution in [0.1, 0.15) is 6.42 Å². The normalized spacial score (nSPS) is 8.40. The van der Waals surface area contributed by atoms with E-state index in [1.807, 2.05) is 0 Å². The summed E-state index contributed by atoms with van der Waals surface area (Å²) in [5.74, 6) is 0. The van der Waals surface area contributed by atoms with Crippen LogP contribution in [0.2, 0.25) is 4.44 Å². The second-order valence-corrected chi connectivity index (χ2v) is 2.48. The Kier molecular flexibility index (Phi) is 5.42. The van der Waals surface area contributed by atoms with Crippen LogP contribution in [0, 0.1) is 0 Å². The molecule has 2 radical (unpaired) electrons. The van der Waals surface area contributed by atoms with Crippen LogP contribution in [-0.4, -0.2) is 29.2 Å². The molecule has 0 spiro atoms. The first-order chi connectivity index (χ1) is 2.41. The summed E-state index contributed by atoms with van der Waals surface area (Å²) < 4.78 is 12.1. The van der Waals surface area contributed by atoms with Gasteiger partial charge in [0.15, 0.2) is 0 Å². The summed E-state index contributed by atoms with van der Waals surface area (Å²) in [6.45, 7) is -0.124. The van der Waals surface area contributed by atoms with Gasteiger partial charge >= 0.3 is 44.4 Å². The summed E-state index contributed by atoms with van der Waals surface area (Å²) in [6.07, 6.45) is 0.780. The van der Waals surface area contributed by atoms with E-state index in [9.17, 15) is 4.39 Å². The Labute approximate surface area is 44.8 Å². The Morgan fingerprint density at radius 3 is 2.20 bits per heavy atom. The molecule has 0 saturated heterocycles. The van der Waals surface area contributed by atoms with Crippen LogP contribution in [0.5, 0.6) is 0 Å². The summed E-state index contributed by atoms with van der Waals surface area (Å²) in [5.41, 5.74) is 0. The first kappa shape index (κ1) is 5.73. The molecule has 0 amide bonds. The molecule has 0 nitrogen and oxygen atoms in total. The number of hydrogen-bond donors (Lipinski definition) is 0. The van der Waals surface area contributed by atoms with Gasteiger partial charge in [0.25, 0.3) is 0 Å². The van der Waals surface area contributed by atoms with Crippen LogP contribution in [0.25, 0.3) is 0 Å². The van der Waals surface area contributed by atoms with Gasteiger partial charge in [0.05, 0.1) is 0 Å². The van der Waals surface area contributed by atoms with Crippen LogP contribution in [0.15, 0.2) is 0 Å². The molecular formula is C3H7FSn. The summed E-state index contributed by atoms with van der Waals surface area (Å²) in [7, 11) is 0. The first-order valence-corrected chi connectivity index (χ1v) is 4.01. The van der Waals surface area contributed by atoms with Gasteiger partial charge in [0.2, 0.25) is 0 Å². The van der Waals surface area contributed by atoms with Crippen molar-refractivity contribution in [2.45, 2.75) is 10.9 Å². The maximum absolute atomic E-state index is 11.0. The van der Waals surface area contributed by atoms with E-state index in [2.05, 4.69) is 0 Å². The van der Waals surface area contributed by atoms with Gasteiger partial charge in [-0.05, 0) is 0 Å². The van der Waals surface area contributed by atoms with Crippen molar-refractivity contribution in [2.24, 2.45) is 0 Å². The molecular weight excluding hydrogens is 174 g/mol. The zero-order chi connectivity index (χ0) is 4.12. The Bertz CT molecular complexity index is 14.4. The third kappa shape index (κ3) is 4.73. The molecule has 0 saturated carbocycles. The van der Waals surface area contributed by atoms with E-state index in [0.717, 1.165) is 10.9 Å². The molecule has 30 valence electrons. The van der Waals surface area contributed by atoms with Gasteiger partial charge in [-0.2, -0.15) is 0 Å². The molecule has 0 rings (SSSR count). The van der Waals surface area contributed by atoms with E-state index >= 15 is 0 Å². The third-order valence-corrected chi connectivity index (χ3v) is 1.50. The van der Waals surface area contributed by atoms with Crippen LogP contribution < -0.4 is 0 Å². The van der Waals surface area contributed by atoms with Gasteiger partial charge in [-0.3, -0.25) is 0 Å². The Hall–Kier alpha value is 0.729. The zero-order valence-corrected chi connectivity index (χ0v) is 6.37. The first-order valence-electron chi connectivity index (χ1n) is 1.68. The number of rotatable bonds is 2. The van der Waals surface area contributed by atoms with Crippen molar-refractivity contribution in [1.29, 1.82) is 0 Å². The predicted octanol–water partition coefficient (Wildman–Crippen LogP) is 0.665. The van der Waals surface area contributed by atoms with E-state index < -0.39 is 0 Å². The maximum atomic E-state index is 11.0. The molecule has 0 unspecified atom stereocenters. The van der Waals surface area contributed by atoms with Gasteiger partial charge in [0.1, 0.15) is 0 Å². The summed E-state index contributed by atoms with van der Waals surface area (Å²) in [6, 6.07) is 0. The summed E-state index contributed by atoms with van der Waals surface area (Å²) >= 11 is 1.21. The van der Waals surface area contributed by atoms with Gasteiger partial charge in [-0.1, -0.05) is 0 Å². The number of halogens is 1. The van der Waals surface area contributed by atoms with Crippen molar-refractivity contribution in [3.63, 3.8) is 0 Å². The molecule has 5 heavy (non-hydrogen) atoms. The minimum absolute atomic E-state index is 0.124. The van der Waals surface area contributed by atoms with Crippen molar-refractivity contribution in [2.75, 3.05) is 6.67 Å². The van der Waals surface area contributed by atoms with Gasteiger partial charge in [-0.15, -0.1) is 0 Å². The van der Waals surface area contributed by atoms with Gasteiger partial charge < -0.3 is 0 Å². The Morgan fingerprint density at radius 1 is 1.60 bits per heavy atom. The van der Waals surface area contributed by atoms with Crippen molar-refractivity contribution >= 4 is 22.5 Å². The monoisotopic (exact) mass is 182 g/mol. The second-order valence-electron chi connectivity index (χ2n) is 0.831. The molecule has 0 aliphatic heterocycles. The predicted molar refractivity (Wildman–Crippen MR) is 22.5 cm³/mol. The summed E-state index contributed by atoms with van der Waals surface area (Å²) in [4.78, 5) is 0. The molecule has 0 aliphatic rings.